The third-order valence-electron chi connectivity index (χ3n) is 1.67. The zero-order chi connectivity index (χ0) is 11.7. The number of ether oxygens (including phenoxy) is 1. The van der Waals surface area contributed by atoms with Crippen LogP contribution in [-0.4, -0.2) is 46.6 Å². The lowest BCUT2D eigenvalue weighted by atomic mass is 10.2. The molecule has 0 spiro atoms. The van der Waals surface area contributed by atoms with E-state index in [0.29, 0.717) is 12.8 Å². The average Bonchev–Trinajstić information content (AvgIpc) is 2.20. The van der Waals surface area contributed by atoms with Crippen LogP contribution in [0.5, 0.6) is 0 Å². The summed E-state index contributed by atoms with van der Waals surface area (Å²) in [6.07, 6.45) is -0.0151. The molecule has 0 amide bonds. The van der Waals surface area contributed by atoms with E-state index < -0.39 is 24.6 Å². The van der Waals surface area contributed by atoms with Crippen molar-refractivity contribution in [2.75, 3.05) is 13.2 Å². The number of carboxylic acids is 1. The minimum Gasteiger partial charge on any atom is -0.481 e. The van der Waals surface area contributed by atoms with Crippen LogP contribution < -0.4 is 0 Å². The van der Waals surface area contributed by atoms with Crippen LogP contribution in [0.3, 0.4) is 0 Å². The SMILES string of the molecule is O=C(O)CCCCC(=O)OCC(O)CO. The van der Waals surface area contributed by atoms with Crippen molar-refractivity contribution in [1.82, 2.24) is 0 Å². The first-order valence-electron chi connectivity index (χ1n) is 4.72. The van der Waals surface area contributed by atoms with E-state index >= 15 is 0 Å². The topological polar surface area (TPSA) is 104 Å². The van der Waals surface area contributed by atoms with E-state index in [1.54, 1.807) is 0 Å². The first-order chi connectivity index (χ1) is 7.06. The Labute approximate surface area is 87.5 Å². The number of carbonyl (C=O) groups is 2. The van der Waals surface area contributed by atoms with Crippen molar-refractivity contribution < 1.29 is 29.6 Å². The van der Waals surface area contributed by atoms with Gasteiger partial charge in [-0.3, -0.25) is 9.59 Å². The van der Waals surface area contributed by atoms with Crippen molar-refractivity contribution in [2.45, 2.75) is 31.8 Å². The van der Waals surface area contributed by atoms with Crippen molar-refractivity contribution >= 4 is 11.9 Å². The molecular formula is C9H16O6. The van der Waals surface area contributed by atoms with Gasteiger partial charge in [0.15, 0.2) is 0 Å². The molecule has 0 bridgehead atoms. The van der Waals surface area contributed by atoms with Crippen LogP contribution >= 0.6 is 0 Å². The number of esters is 1. The second kappa shape index (κ2) is 8.19. The van der Waals surface area contributed by atoms with Crippen molar-refractivity contribution in [3.8, 4) is 0 Å². The lowest BCUT2D eigenvalue weighted by Crippen LogP contribution is -2.21. The molecule has 0 aliphatic carbocycles. The van der Waals surface area contributed by atoms with Gasteiger partial charge in [-0.15, -0.1) is 0 Å². The Kier molecular flexibility index (Phi) is 7.57. The summed E-state index contributed by atoms with van der Waals surface area (Å²) < 4.78 is 4.61. The molecule has 1 unspecified atom stereocenters. The van der Waals surface area contributed by atoms with Gasteiger partial charge in [0.25, 0.3) is 0 Å². The van der Waals surface area contributed by atoms with Crippen molar-refractivity contribution in [3.05, 3.63) is 0 Å². The highest BCUT2D eigenvalue weighted by Gasteiger charge is 2.07. The molecule has 0 aliphatic heterocycles. The summed E-state index contributed by atoms with van der Waals surface area (Å²) in [5, 5.41) is 25.6. The first-order valence-corrected chi connectivity index (χ1v) is 4.72. The molecule has 3 N–H and O–H groups in total. The van der Waals surface area contributed by atoms with Crippen LogP contribution in [0.15, 0.2) is 0 Å². The largest absolute Gasteiger partial charge is 0.481 e. The maximum atomic E-state index is 10.9. The summed E-state index contributed by atoms with van der Waals surface area (Å²) in [6, 6.07) is 0. The molecule has 0 aliphatic rings. The molecule has 0 aromatic rings. The molecule has 0 rings (SSSR count). The Morgan fingerprint density at radius 3 is 2.33 bits per heavy atom. The summed E-state index contributed by atoms with van der Waals surface area (Å²) in [5.74, 6) is -1.38. The zero-order valence-corrected chi connectivity index (χ0v) is 8.39. The number of carboxylic acid groups (broad SMARTS) is 1. The van der Waals surface area contributed by atoms with Gasteiger partial charge in [0.2, 0.25) is 0 Å². The van der Waals surface area contributed by atoms with Gasteiger partial charge in [-0.05, 0) is 12.8 Å². The standard InChI is InChI=1S/C9H16O6/c10-5-7(11)6-15-9(14)4-2-1-3-8(12)13/h7,10-11H,1-6H2,(H,12,13). The fourth-order valence-electron chi connectivity index (χ4n) is 0.860. The molecule has 0 aromatic heterocycles. The van der Waals surface area contributed by atoms with Crippen LogP contribution in [0.1, 0.15) is 25.7 Å². The quantitative estimate of drug-likeness (QED) is 0.377. The summed E-state index contributed by atoms with van der Waals surface area (Å²) in [7, 11) is 0. The molecule has 0 radical (unpaired) electrons. The summed E-state index contributed by atoms with van der Waals surface area (Å²) >= 11 is 0. The maximum absolute atomic E-state index is 10.9. The van der Waals surface area contributed by atoms with E-state index in [1.165, 1.54) is 0 Å². The molecule has 15 heavy (non-hydrogen) atoms. The third-order valence-corrected chi connectivity index (χ3v) is 1.67. The molecule has 88 valence electrons. The maximum Gasteiger partial charge on any atom is 0.305 e. The van der Waals surface area contributed by atoms with Gasteiger partial charge in [-0.2, -0.15) is 0 Å². The molecule has 0 saturated heterocycles. The van der Waals surface area contributed by atoms with E-state index in [4.69, 9.17) is 15.3 Å². The summed E-state index contributed by atoms with van der Waals surface area (Å²) in [6.45, 7) is -0.680. The van der Waals surface area contributed by atoms with Crippen LogP contribution in [0.2, 0.25) is 0 Å². The van der Waals surface area contributed by atoms with Crippen molar-refractivity contribution in [1.29, 1.82) is 0 Å². The predicted molar refractivity (Wildman–Crippen MR) is 50.2 cm³/mol. The molecule has 0 aromatic carbocycles. The molecular weight excluding hydrogens is 204 g/mol. The fraction of sp³-hybridized carbons (Fsp3) is 0.778. The van der Waals surface area contributed by atoms with Gasteiger partial charge < -0.3 is 20.1 Å². The smallest absolute Gasteiger partial charge is 0.305 e. The number of hydrogen-bond donors (Lipinski definition) is 3. The van der Waals surface area contributed by atoms with E-state index in [2.05, 4.69) is 4.74 Å². The van der Waals surface area contributed by atoms with Crippen LogP contribution in [0.4, 0.5) is 0 Å². The van der Waals surface area contributed by atoms with Crippen LogP contribution in [-0.2, 0) is 14.3 Å². The minimum atomic E-state index is -1.05. The monoisotopic (exact) mass is 220 g/mol. The minimum absolute atomic E-state index is 0.0343. The Balaban J connectivity index is 3.37. The Hall–Kier alpha value is -1.14. The first kappa shape index (κ1) is 13.9. The van der Waals surface area contributed by atoms with Gasteiger partial charge in [0, 0.05) is 12.8 Å². The summed E-state index contributed by atoms with van der Waals surface area (Å²) in [5.41, 5.74) is 0. The highest BCUT2D eigenvalue weighted by Crippen LogP contribution is 2.01. The van der Waals surface area contributed by atoms with Crippen LogP contribution in [0, 0.1) is 0 Å². The highest BCUT2D eigenvalue weighted by molar-refractivity contribution is 5.69. The number of aliphatic hydroxyl groups is 2. The van der Waals surface area contributed by atoms with Gasteiger partial charge >= 0.3 is 11.9 Å². The number of carbonyl (C=O) groups excluding carboxylic acids is 1. The van der Waals surface area contributed by atoms with Gasteiger partial charge in [0.1, 0.15) is 12.7 Å². The van der Waals surface area contributed by atoms with Crippen molar-refractivity contribution in [3.63, 3.8) is 0 Å². The van der Waals surface area contributed by atoms with E-state index in [9.17, 15) is 9.59 Å². The van der Waals surface area contributed by atoms with E-state index in [-0.39, 0.29) is 19.4 Å². The Morgan fingerprint density at radius 1 is 1.20 bits per heavy atom. The second-order valence-electron chi connectivity index (χ2n) is 3.12. The number of hydrogen-bond acceptors (Lipinski definition) is 5. The van der Waals surface area contributed by atoms with E-state index in [1.807, 2.05) is 0 Å². The lowest BCUT2D eigenvalue weighted by molar-refractivity contribution is -0.147. The fourth-order valence-corrected chi connectivity index (χ4v) is 0.860. The van der Waals surface area contributed by atoms with Gasteiger partial charge in [-0.25, -0.2) is 0 Å². The lowest BCUT2D eigenvalue weighted by Gasteiger charge is -2.07. The zero-order valence-electron chi connectivity index (χ0n) is 8.39. The molecule has 0 heterocycles. The number of rotatable bonds is 8. The second-order valence-corrected chi connectivity index (χ2v) is 3.12. The highest BCUT2D eigenvalue weighted by atomic mass is 16.5. The molecule has 6 nitrogen and oxygen atoms in total. The Morgan fingerprint density at radius 2 is 1.80 bits per heavy atom. The van der Waals surface area contributed by atoms with Crippen molar-refractivity contribution in [2.24, 2.45) is 0 Å². The normalized spacial score (nSPS) is 12.1. The molecule has 0 saturated carbocycles. The Bertz CT molecular complexity index is 203. The average molecular weight is 220 g/mol. The third kappa shape index (κ3) is 9.17. The van der Waals surface area contributed by atoms with E-state index in [0.717, 1.165) is 0 Å². The molecule has 1 atom stereocenters. The molecule has 6 heteroatoms. The molecule has 0 fully saturated rings. The predicted octanol–water partition coefficient (Wildman–Crippen LogP) is -0.472. The van der Waals surface area contributed by atoms with Gasteiger partial charge in [-0.1, -0.05) is 0 Å². The summed E-state index contributed by atoms with van der Waals surface area (Å²) in [4.78, 5) is 21.1. The number of unbranched alkanes of at least 4 members (excludes halogenated alkanes) is 1. The number of aliphatic carboxylic acids is 1. The van der Waals surface area contributed by atoms with Crippen LogP contribution in [0.25, 0.3) is 0 Å². The van der Waals surface area contributed by atoms with Gasteiger partial charge in [0.05, 0.1) is 6.61 Å². The number of aliphatic hydroxyl groups excluding tert-OH is 2.